The summed E-state index contributed by atoms with van der Waals surface area (Å²) >= 11 is 5.82. The summed E-state index contributed by atoms with van der Waals surface area (Å²) in [5.74, 6) is 0.235. The lowest BCUT2D eigenvalue weighted by atomic mass is 10.3. The fraction of sp³-hybridized carbons (Fsp3) is 0.333. The smallest absolute Gasteiger partial charge is 0.179 e. The Kier molecular flexibility index (Phi) is 3.39. The van der Waals surface area contributed by atoms with Gasteiger partial charge in [-0.2, -0.15) is 0 Å². The summed E-state index contributed by atoms with van der Waals surface area (Å²) in [6.07, 6.45) is 1.13. The zero-order valence-electron chi connectivity index (χ0n) is 7.95. The van der Waals surface area contributed by atoms with Crippen molar-refractivity contribution in [3.05, 3.63) is 23.2 Å². The van der Waals surface area contributed by atoms with Crippen molar-refractivity contribution in [3.63, 3.8) is 0 Å². The summed E-state index contributed by atoms with van der Waals surface area (Å²) in [4.78, 5) is 0.131. The molecule has 1 rings (SSSR count). The van der Waals surface area contributed by atoms with Crippen molar-refractivity contribution in [1.82, 2.24) is 0 Å². The van der Waals surface area contributed by atoms with Crippen molar-refractivity contribution in [2.45, 2.75) is 11.8 Å². The maximum Gasteiger partial charge on any atom is 0.179 e. The van der Waals surface area contributed by atoms with Gasteiger partial charge in [-0.25, -0.2) is 8.42 Å². The lowest BCUT2D eigenvalue weighted by Gasteiger charge is -2.09. The molecule has 0 bridgehead atoms. The number of hydrogen-bond donors (Lipinski definition) is 0. The minimum absolute atomic E-state index is 0.131. The van der Waals surface area contributed by atoms with Gasteiger partial charge in [0, 0.05) is 6.26 Å². The van der Waals surface area contributed by atoms with Gasteiger partial charge in [-0.1, -0.05) is 17.7 Å². The van der Waals surface area contributed by atoms with Gasteiger partial charge in [0.1, 0.15) is 4.90 Å². The number of para-hydroxylation sites is 1. The molecule has 78 valence electrons. The molecule has 3 nitrogen and oxygen atoms in total. The van der Waals surface area contributed by atoms with Gasteiger partial charge < -0.3 is 4.74 Å². The highest BCUT2D eigenvalue weighted by molar-refractivity contribution is 7.90. The number of rotatable bonds is 3. The van der Waals surface area contributed by atoms with E-state index in [9.17, 15) is 8.42 Å². The minimum atomic E-state index is -3.29. The number of benzene rings is 1. The first-order valence-corrected chi connectivity index (χ1v) is 6.35. The maximum absolute atomic E-state index is 11.3. The maximum atomic E-state index is 11.3. The van der Waals surface area contributed by atoms with Crippen LogP contribution in [-0.2, 0) is 9.84 Å². The summed E-state index contributed by atoms with van der Waals surface area (Å²) in [6, 6.07) is 4.66. The molecule has 1 aromatic rings. The molecule has 0 fully saturated rings. The van der Waals surface area contributed by atoms with Crippen LogP contribution >= 0.6 is 11.6 Å². The number of sulfone groups is 1. The van der Waals surface area contributed by atoms with E-state index >= 15 is 0 Å². The molecule has 0 heterocycles. The normalized spacial score (nSPS) is 11.4. The topological polar surface area (TPSA) is 43.4 Å². The molecule has 1 aromatic carbocycles. The Labute approximate surface area is 88.6 Å². The van der Waals surface area contributed by atoms with E-state index in [-0.39, 0.29) is 10.6 Å². The second-order valence-corrected chi connectivity index (χ2v) is 5.16. The van der Waals surface area contributed by atoms with Crippen LogP contribution in [0.4, 0.5) is 0 Å². The van der Waals surface area contributed by atoms with Crippen molar-refractivity contribution in [2.75, 3.05) is 12.9 Å². The van der Waals surface area contributed by atoms with Crippen LogP contribution in [0.5, 0.6) is 5.75 Å². The Morgan fingerprint density at radius 3 is 2.57 bits per heavy atom. The van der Waals surface area contributed by atoms with E-state index in [2.05, 4.69) is 0 Å². The van der Waals surface area contributed by atoms with E-state index in [1.54, 1.807) is 19.1 Å². The lowest BCUT2D eigenvalue weighted by Crippen LogP contribution is -2.03. The Morgan fingerprint density at radius 1 is 1.43 bits per heavy atom. The largest absolute Gasteiger partial charge is 0.491 e. The van der Waals surface area contributed by atoms with Gasteiger partial charge >= 0.3 is 0 Å². The fourth-order valence-corrected chi connectivity index (χ4v) is 2.18. The minimum Gasteiger partial charge on any atom is -0.491 e. The molecule has 0 aliphatic heterocycles. The van der Waals surface area contributed by atoms with Gasteiger partial charge in [0.15, 0.2) is 15.6 Å². The Bertz CT molecular complexity index is 426. The highest BCUT2D eigenvalue weighted by Crippen LogP contribution is 2.31. The van der Waals surface area contributed by atoms with Gasteiger partial charge in [-0.15, -0.1) is 0 Å². The molecular formula is C9H11ClO3S. The van der Waals surface area contributed by atoms with Crippen molar-refractivity contribution in [2.24, 2.45) is 0 Å². The van der Waals surface area contributed by atoms with E-state index in [0.717, 1.165) is 6.26 Å². The first-order valence-electron chi connectivity index (χ1n) is 4.08. The molecule has 0 radical (unpaired) electrons. The first kappa shape index (κ1) is 11.3. The third-order valence-electron chi connectivity index (χ3n) is 1.62. The summed E-state index contributed by atoms with van der Waals surface area (Å²) in [5.41, 5.74) is 0. The molecule has 0 aromatic heterocycles. The number of hydrogen-bond acceptors (Lipinski definition) is 3. The van der Waals surface area contributed by atoms with Crippen molar-refractivity contribution in [1.29, 1.82) is 0 Å². The molecule has 0 aliphatic carbocycles. The molecule has 14 heavy (non-hydrogen) atoms. The molecular weight excluding hydrogens is 224 g/mol. The van der Waals surface area contributed by atoms with Gasteiger partial charge in [0.2, 0.25) is 0 Å². The van der Waals surface area contributed by atoms with E-state index in [1.807, 2.05) is 0 Å². The third kappa shape index (κ3) is 2.39. The lowest BCUT2D eigenvalue weighted by molar-refractivity contribution is 0.331. The van der Waals surface area contributed by atoms with E-state index in [1.165, 1.54) is 6.07 Å². The van der Waals surface area contributed by atoms with Crippen LogP contribution in [0.2, 0.25) is 5.02 Å². The molecule has 0 saturated carbocycles. The van der Waals surface area contributed by atoms with Gasteiger partial charge in [-0.05, 0) is 19.1 Å². The zero-order chi connectivity index (χ0) is 10.8. The number of halogens is 1. The van der Waals surface area contributed by atoms with Crippen LogP contribution in [0.1, 0.15) is 6.92 Å². The monoisotopic (exact) mass is 234 g/mol. The molecule has 0 N–H and O–H groups in total. The average Bonchev–Trinajstić information content (AvgIpc) is 2.07. The van der Waals surface area contributed by atoms with Crippen molar-refractivity contribution >= 4 is 21.4 Å². The van der Waals surface area contributed by atoms with E-state index in [0.29, 0.717) is 11.6 Å². The van der Waals surface area contributed by atoms with Crippen LogP contribution in [0.15, 0.2) is 23.1 Å². The second kappa shape index (κ2) is 4.19. The molecule has 5 heteroatoms. The molecule has 0 atom stereocenters. The van der Waals surface area contributed by atoms with Crippen LogP contribution in [0.25, 0.3) is 0 Å². The van der Waals surface area contributed by atoms with Crippen molar-refractivity contribution in [3.8, 4) is 5.75 Å². The predicted octanol–water partition coefficient (Wildman–Crippen LogP) is 2.14. The van der Waals surface area contributed by atoms with Crippen LogP contribution in [0, 0.1) is 0 Å². The first-order chi connectivity index (χ1) is 6.46. The molecule has 0 saturated heterocycles. The van der Waals surface area contributed by atoms with E-state index < -0.39 is 9.84 Å². The molecule has 0 unspecified atom stereocenters. The zero-order valence-corrected chi connectivity index (χ0v) is 9.52. The van der Waals surface area contributed by atoms with Gasteiger partial charge in [0.05, 0.1) is 11.6 Å². The number of ether oxygens (including phenoxy) is 1. The summed E-state index contributed by atoms with van der Waals surface area (Å²) in [6.45, 7) is 2.15. The quantitative estimate of drug-likeness (QED) is 0.805. The summed E-state index contributed by atoms with van der Waals surface area (Å²) < 4.78 is 27.9. The van der Waals surface area contributed by atoms with Crippen molar-refractivity contribution < 1.29 is 13.2 Å². The Morgan fingerprint density at radius 2 is 2.07 bits per heavy atom. The summed E-state index contributed by atoms with van der Waals surface area (Å²) in [5, 5.41) is 0.315. The Hall–Kier alpha value is -0.740. The standard InChI is InChI=1S/C9H11ClO3S/c1-3-13-9-7(10)5-4-6-8(9)14(2,11)12/h4-6H,3H2,1-2H3. The molecule has 0 amide bonds. The van der Waals surface area contributed by atoms with Crippen LogP contribution in [0.3, 0.4) is 0 Å². The van der Waals surface area contributed by atoms with E-state index in [4.69, 9.17) is 16.3 Å². The highest BCUT2D eigenvalue weighted by atomic mass is 35.5. The SMILES string of the molecule is CCOc1c(Cl)cccc1S(C)(=O)=O. The van der Waals surface area contributed by atoms with Gasteiger partial charge in [0.25, 0.3) is 0 Å². The van der Waals surface area contributed by atoms with Gasteiger partial charge in [-0.3, -0.25) is 0 Å². The molecule has 0 spiro atoms. The third-order valence-corrected chi connectivity index (χ3v) is 3.04. The molecule has 0 aliphatic rings. The summed E-state index contributed by atoms with van der Waals surface area (Å²) in [7, 11) is -3.29. The predicted molar refractivity (Wildman–Crippen MR) is 55.7 cm³/mol. The average molecular weight is 235 g/mol. The van der Waals surface area contributed by atoms with Crippen LogP contribution in [-0.4, -0.2) is 21.3 Å². The fourth-order valence-electron chi connectivity index (χ4n) is 1.07. The Balaban J connectivity index is 3.36. The highest BCUT2D eigenvalue weighted by Gasteiger charge is 2.16. The van der Waals surface area contributed by atoms with Crippen LogP contribution < -0.4 is 4.74 Å². The second-order valence-electron chi connectivity index (χ2n) is 2.77.